The molecule has 0 aromatic heterocycles. The maximum Gasteiger partial charge on any atom is 0.167 e. The number of carbonyl (C=O) groups is 1. The van der Waals surface area contributed by atoms with E-state index in [1.54, 1.807) is 31.4 Å². The van der Waals surface area contributed by atoms with Gasteiger partial charge in [-0.3, -0.25) is 4.79 Å². The van der Waals surface area contributed by atoms with Crippen LogP contribution in [-0.4, -0.2) is 38.4 Å². The third-order valence-corrected chi connectivity index (χ3v) is 3.78. The van der Waals surface area contributed by atoms with Crippen LogP contribution in [0.3, 0.4) is 0 Å². The van der Waals surface area contributed by atoms with Crippen LogP contribution in [-0.2, 0) is 6.42 Å². The number of carbonyl (C=O) groups excluding carboxylic acids is 1. The first-order valence-electron chi connectivity index (χ1n) is 7.67. The van der Waals surface area contributed by atoms with Gasteiger partial charge in [-0.2, -0.15) is 0 Å². The van der Waals surface area contributed by atoms with Crippen molar-refractivity contribution in [2.24, 2.45) is 5.92 Å². The Kier molecular flexibility index (Phi) is 8.00. The first kappa shape index (κ1) is 21.1. The summed E-state index contributed by atoms with van der Waals surface area (Å²) in [5.74, 6) is -1.59. The summed E-state index contributed by atoms with van der Waals surface area (Å²) < 4.78 is 31.7. The van der Waals surface area contributed by atoms with Crippen molar-refractivity contribution >= 4 is 18.2 Å². The van der Waals surface area contributed by atoms with Gasteiger partial charge < -0.3 is 9.64 Å². The fourth-order valence-corrected chi connectivity index (χ4v) is 2.64. The smallest absolute Gasteiger partial charge is 0.167 e. The minimum atomic E-state index is -0.898. The van der Waals surface area contributed by atoms with Crippen LogP contribution in [0.15, 0.2) is 42.5 Å². The summed E-state index contributed by atoms with van der Waals surface area (Å²) in [7, 11) is 5.29. The van der Waals surface area contributed by atoms with Gasteiger partial charge in [0.05, 0.1) is 7.11 Å². The Hall–Kier alpha value is -1.98. The first-order chi connectivity index (χ1) is 11.4. The number of benzene rings is 2. The monoisotopic (exact) mass is 369 g/mol. The van der Waals surface area contributed by atoms with Crippen LogP contribution in [0, 0.1) is 17.6 Å². The summed E-state index contributed by atoms with van der Waals surface area (Å²) in [6.07, 6.45) is 0.339. The third-order valence-electron chi connectivity index (χ3n) is 3.78. The average Bonchev–Trinajstić information content (AvgIpc) is 2.56. The van der Waals surface area contributed by atoms with Crippen LogP contribution in [0.5, 0.6) is 5.75 Å². The topological polar surface area (TPSA) is 29.5 Å². The fourth-order valence-electron chi connectivity index (χ4n) is 2.64. The Morgan fingerprint density at radius 2 is 1.84 bits per heavy atom. The predicted molar refractivity (Wildman–Crippen MR) is 96.7 cm³/mol. The quantitative estimate of drug-likeness (QED) is 0.691. The van der Waals surface area contributed by atoms with Crippen LogP contribution < -0.4 is 4.74 Å². The van der Waals surface area contributed by atoms with Crippen LogP contribution in [0.4, 0.5) is 8.78 Å². The lowest BCUT2D eigenvalue weighted by Crippen LogP contribution is -2.29. The Bertz CT molecular complexity index is 722. The van der Waals surface area contributed by atoms with E-state index in [2.05, 4.69) is 0 Å². The normalized spacial score (nSPS) is 11.8. The van der Waals surface area contributed by atoms with Crippen molar-refractivity contribution in [3.05, 3.63) is 65.2 Å². The molecule has 0 unspecified atom stereocenters. The number of Topliss-reactive ketones (excluding diaryl/α,β-unsaturated/α-hetero) is 1. The van der Waals surface area contributed by atoms with Crippen molar-refractivity contribution in [1.29, 1.82) is 0 Å². The Labute approximate surface area is 153 Å². The van der Waals surface area contributed by atoms with Gasteiger partial charge in [-0.25, -0.2) is 8.78 Å². The molecule has 0 saturated heterocycles. The van der Waals surface area contributed by atoms with Gasteiger partial charge >= 0.3 is 0 Å². The maximum absolute atomic E-state index is 13.4. The molecule has 2 aromatic rings. The maximum atomic E-state index is 13.4. The molecule has 0 fully saturated rings. The molecule has 0 bridgehead atoms. The van der Waals surface area contributed by atoms with E-state index in [1.165, 1.54) is 6.07 Å². The highest BCUT2D eigenvalue weighted by molar-refractivity contribution is 5.98. The molecule has 0 aliphatic heterocycles. The molecule has 2 rings (SSSR count). The van der Waals surface area contributed by atoms with Crippen LogP contribution in [0.25, 0.3) is 0 Å². The van der Waals surface area contributed by atoms with Crippen molar-refractivity contribution in [3.8, 4) is 5.75 Å². The van der Waals surface area contributed by atoms with E-state index in [1.807, 2.05) is 19.0 Å². The van der Waals surface area contributed by atoms with Gasteiger partial charge in [-0.15, -0.1) is 12.4 Å². The van der Waals surface area contributed by atoms with Crippen LogP contribution in [0.1, 0.15) is 15.9 Å². The van der Waals surface area contributed by atoms with Gasteiger partial charge in [0.2, 0.25) is 0 Å². The van der Waals surface area contributed by atoms with E-state index in [4.69, 9.17) is 4.74 Å². The molecule has 0 radical (unpaired) electrons. The highest BCUT2D eigenvalue weighted by Crippen LogP contribution is 2.20. The molecule has 0 aliphatic rings. The van der Waals surface area contributed by atoms with Gasteiger partial charge in [0.15, 0.2) is 17.4 Å². The number of methoxy groups -OCH3 is 1. The number of ketones is 1. The number of rotatable bonds is 7. The SMILES string of the molecule is COc1cccc(C(=O)[C@@H](Cc2ccc(F)c(F)c2)CN(C)C)c1.Cl. The molecule has 25 heavy (non-hydrogen) atoms. The Morgan fingerprint density at radius 1 is 1.12 bits per heavy atom. The number of nitrogens with zero attached hydrogens (tertiary/aromatic N) is 1. The molecule has 1 atom stereocenters. The predicted octanol–water partition coefficient (Wildman–Crippen LogP) is 4.00. The molecule has 0 spiro atoms. The van der Waals surface area contributed by atoms with Gasteiger partial charge in [0, 0.05) is 18.0 Å². The number of halogens is 3. The minimum Gasteiger partial charge on any atom is -0.497 e. The summed E-state index contributed by atoms with van der Waals surface area (Å²) in [4.78, 5) is 14.8. The van der Waals surface area contributed by atoms with E-state index in [0.29, 0.717) is 29.8 Å². The lowest BCUT2D eigenvalue weighted by Gasteiger charge is -2.20. The summed E-state index contributed by atoms with van der Waals surface area (Å²) in [5, 5.41) is 0. The summed E-state index contributed by atoms with van der Waals surface area (Å²) in [6.45, 7) is 0.509. The zero-order valence-corrected chi connectivity index (χ0v) is 15.3. The Morgan fingerprint density at radius 3 is 2.44 bits per heavy atom. The number of hydrogen-bond donors (Lipinski definition) is 0. The second kappa shape index (κ2) is 9.49. The second-order valence-corrected chi connectivity index (χ2v) is 6.01. The average molecular weight is 370 g/mol. The van der Waals surface area contributed by atoms with Crippen molar-refractivity contribution in [1.82, 2.24) is 4.90 Å². The molecule has 2 aromatic carbocycles. The third kappa shape index (κ3) is 5.80. The van der Waals surface area contributed by atoms with Gasteiger partial charge in [-0.05, 0) is 50.3 Å². The molecule has 0 N–H and O–H groups in total. The van der Waals surface area contributed by atoms with Crippen molar-refractivity contribution in [2.45, 2.75) is 6.42 Å². The first-order valence-corrected chi connectivity index (χ1v) is 7.67. The van der Waals surface area contributed by atoms with Gasteiger partial charge in [0.25, 0.3) is 0 Å². The molecular weight excluding hydrogens is 348 g/mol. The standard InChI is InChI=1S/C19H21F2NO2.ClH/c1-22(2)12-15(9-13-7-8-17(20)18(21)10-13)19(23)14-5-4-6-16(11-14)24-3;/h4-8,10-11,15H,9,12H2,1-3H3;1H/t15-;/m0./s1. The van der Waals surface area contributed by atoms with E-state index < -0.39 is 11.6 Å². The molecule has 0 aliphatic carbocycles. The van der Waals surface area contributed by atoms with Crippen LogP contribution in [0.2, 0.25) is 0 Å². The molecule has 0 saturated carbocycles. The van der Waals surface area contributed by atoms with Gasteiger partial charge in [-0.1, -0.05) is 18.2 Å². The lowest BCUT2D eigenvalue weighted by atomic mass is 9.90. The highest BCUT2D eigenvalue weighted by atomic mass is 35.5. The van der Waals surface area contributed by atoms with Crippen molar-refractivity contribution < 1.29 is 18.3 Å². The number of ether oxygens (including phenoxy) is 1. The molecule has 0 amide bonds. The molecule has 3 nitrogen and oxygen atoms in total. The molecule has 0 heterocycles. The highest BCUT2D eigenvalue weighted by Gasteiger charge is 2.22. The van der Waals surface area contributed by atoms with Crippen LogP contribution >= 0.6 is 12.4 Å². The van der Waals surface area contributed by atoms with E-state index in [0.717, 1.165) is 12.1 Å². The molecule has 6 heteroatoms. The second-order valence-electron chi connectivity index (χ2n) is 6.01. The summed E-state index contributed by atoms with van der Waals surface area (Å²) in [5.41, 5.74) is 1.14. The van der Waals surface area contributed by atoms with Gasteiger partial charge in [0.1, 0.15) is 5.75 Å². The van der Waals surface area contributed by atoms with E-state index in [-0.39, 0.29) is 24.1 Å². The number of hydrogen-bond acceptors (Lipinski definition) is 3. The van der Waals surface area contributed by atoms with E-state index in [9.17, 15) is 13.6 Å². The zero-order chi connectivity index (χ0) is 17.7. The largest absolute Gasteiger partial charge is 0.497 e. The molecule has 136 valence electrons. The summed E-state index contributed by atoms with van der Waals surface area (Å²) >= 11 is 0. The van der Waals surface area contributed by atoms with Crippen molar-refractivity contribution in [2.75, 3.05) is 27.7 Å². The minimum absolute atomic E-state index is 0. The molecular formula is C19H22ClF2NO2. The fraction of sp³-hybridized carbons (Fsp3) is 0.316. The van der Waals surface area contributed by atoms with E-state index >= 15 is 0 Å². The Balaban J connectivity index is 0.00000312. The summed E-state index contributed by atoms with van der Waals surface area (Å²) in [6, 6.07) is 10.7. The zero-order valence-electron chi connectivity index (χ0n) is 14.5. The lowest BCUT2D eigenvalue weighted by molar-refractivity contribution is 0.0896. The van der Waals surface area contributed by atoms with Crippen molar-refractivity contribution in [3.63, 3.8) is 0 Å².